The molecule has 0 aliphatic carbocycles. The van der Waals surface area contributed by atoms with Gasteiger partial charge in [-0.1, -0.05) is 103 Å². The number of aliphatic hydroxyl groups is 1. The van der Waals surface area contributed by atoms with Crippen molar-refractivity contribution >= 4 is 23.9 Å². The Morgan fingerprint density at radius 3 is 1.29 bits per heavy atom. The second kappa shape index (κ2) is 19.3. The van der Waals surface area contributed by atoms with E-state index in [2.05, 4.69) is 0 Å². The highest BCUT2D eigenvalue weighted by atomic mass is 16.8. The smallest absolute Gasteiger partial charge is 0.338 e. The summed E-state index contributed by atoms with van der Waals surface area (Å²) in [4.78, 5) is 53.0. The SMILES string of the molecule is O=C(OC[C@H]1O[C@@H](O[C@H]2[C@H](OC(=O)c3ccccc3)[C@@H](COC(=O)c3ccccc3)O[C@@H]2O)[C@@H](OCc2ccccc2)[C@@H]1OC(=O)c1ccccc1)c1ccccc1. The molecular formula is C45H40O13. The molecule has 58 heavy (non-hydrogen) atoms. The first kappa shape index (κ1) is 40.0. The molecule has 2 aliphatic rings. The highest BCUT2D eigenvalue weighted by Crippen LogP contribution is 2.35. The Labute approximate surface area is 333 Å². The normalized spacial score (nSPS) is 23.7. The Morgan fingerprint density at radius 2 is 0.845 bits per heavy atom. The van der Waals surface area contributed by atoms with E-state index in [4.69, 9.17) is 37.9 Å². The van der Waals surface area contributed by atoms with E-state index in [1.807, 2.05) is 30.3 Å². The summed E-state index contributed by atoms with van der Waals surface area (Å²) < 4.78 is 48.1. The number of rotatable bonds is 15. The monoisotopic (exact) mass is 788 g/mol. The van der Waals surface area contributed by atoms with E-state index < -0.39 is 79.7 Å². The molecule has 8 atom stereocenters. The molecule has 0 spiro atoms. The van der Waals surface area contributed by atoms with E-state index >= 15 is 0 Å². The van der Waals surface area contributed by atoms with Crippen LogP contribution < -0.4 is 0 Å². The summed E-state index contributed by atoms with van der Waals surface area (Å²) in [7, 11) is 0. The molecule has 1 N–H and O–H groups in total. The van der Waals surface area contributed by atoms with Gasteiger partial charge in [-0.3, -0.25) is 0 Å². The average Bonchev–Trinajstić information content (AvgIpc) is 3.75. The quantitative estimate of drug-likeness (QED) is 0.104. The summed E-state index contributed by atoms with van der Waals surface area (Å²) in [6, 6.07) is 42.2. The lowest BCUT2D eigenvalue weighted by molar-refractivity contribution is -0.242. The Kier molecular flexibility index (Phi) is 13.3. The van der Waals surface area contributed by atoms with E-state index in [1.165, 1.54) is 0 Å². The molecule has 0 saturated carbocycles. The molecule has 2 saturated heterocycles. The molecular weight excluding hydrogens is 748 g/mol. The van der Waals surface area contributed by atoms with Crippen LogP contribution >= 0.6 is 0 Å². The van der Waals surface area contributed by atoms with Crippen LogP contribution in [0.25, 0.3) is 0 Å². The van der Waals surface area contributed by atoms with E-state index in [1.54, 1.807) is 121 Å². The molecule has 13 nitrogen and oxygen atoms in total. The third kappa shape index (κ3) is 10.0. The number of esters is 4. The van der Waals surface area contributed by atoms with Crippen LogP contribution in [0.1, 0.15) is 47.0 Å². The zero-order chi connectivity index (χ0) is 40.3. The van der Waals surface area contributed by atoms with Gasteiger partial charge in [0.25, 0.3) is 0 Å². The zero-order valence-corrected chi connectivity index (χ0v) is 31.0. The largest absolute Gasteiger partial charge is 0.459 e. The topological polar surface area (TPSA) is 162 Å². The van der Waals surface area contributed by atoms with Crippen LogP contribution in [0.2, 0.25) is 0 Å². The maximum absolute atomic E-state index is 13.6. The average molecular weight is 789 g/mol. The van der Waals surface area contributed by atoms with Crippen molar-refractivity contribution in [3.8, 4) is 0 Å². The van der Waals surface area contributed by atoms with Crippen molar-refractivity contribution in [3.63, 3.8) is 0 Å². The summed E-state index contributed by atoms with van der Waals surface area (Å²) in [5.74, 6) is -2.79. The minimum absolute atomic E-state index is 0.0127. The second-order valence-corrected chi connectivity index (χ2v) is 13.4. The molecule has 0 amide bonds. The molecule has 2 heterocycles. The fourth-order valence-corrected chi connectivity index (χ4v) is 6.47. The summed E-state index contributed by atoms with van der Waals surface area (Å²) in [6.45, 7) is -0.801. The molecule has 5 aromatic carbocycles. The number of hydrogen-bond acceptors (Lipinski definition) is 13. The molecule has 2 fully saturated rings. The van der Waals surface area contributed by atoms with Crippen molar-refractivity contribution in [1.29, 1.82) is 0 Å². The van der Waals surface area contributed by atoms with Gasteiger partial charge in [-0.25, -0.2) is 19.2 Å². The second-order valence-electron chi connectivity index (χ2n) is 13.4. The molecule has 0 radical (unpaired) electrons. The van der Waals surface area contributed by atoms with Crippen LogP contribution in [-0.2, 0) is 44.5 Å². The van der Waals surface area contributed by atoms with Crippen molar-refractivity contribution in [3.05, 3.63) is 179 Å². The molecule has 0 unspecified atom stereocenters. The first-order valence-electron chi connectivity index (χ1n) is 18.6. The third-order valence-corrected chi connectivity index (χ3v) is 9.41. The van der Waals surface area contributed by atoms with Gasteiger partial charge in [0.1, 0.15) is 31.5 Å². The van der Waals surface area contributed by atoms with E-state index in [0.717, 1.165) is 5.56 Å². The first-order chi connectivity index (χ1) is 28.3. The molecule has 0 aromatic heterocycles. The van der Waals surface area contributed by atoms with E-state index in [0.29, 0.717) is 0 Å². The summed E-state index contributed by atoms with van der Waals surface area (Å²) in [5.41, 5.74) is 1.79. The Morgan fingerprint density at radius 1 is 0.466 bits per heavy atom. The summed E-state index contributed by atoms with van der Waals surface area (Å²) >= 11 is 0. The van der Waals surface area contributed by atoms with Gasteiger partial charge in [0.15, 0.2) is 30.9 Å². The van der Waals surface area contributed by atoms with Crippen LogP contribution in [-0.4, -0.2) is 91.4 Å². The molecule has 298 valence electrons. The lowest BCUT2D eigenvalue weighted by atomic mass is 10.1. The van der Waals surface area contributed by atoms with Crippen LogP contribution in [0.4, 0.5) is 0 Å². The third-order valence-electron chi connectivity index (χ3n) is 9.41. The number of ether oxygens (including phenoxy) is 8. The van der Waals surface area contributed by atoms with Crippen molar-refractivity contribution in [2.45, 2.75) is 55.8 Å². The number of aliphatic hydroxyl groups excluding tert-OH is 1. The first-order valence-corrected chi connectivity index (χ1v) is 18.6. The lowest BCUT2D eigenvalue weighted by Crippen LogP contribution is -2.46. The number of benzene rings is 5. The van der Waals surface area contributed by atoms with E-state index in [9.17, 15) is 24.3 Å². The Hall–Kier alpha value is -6.22. The fourth-order valence-electron chi connectivity index (χ4n) is 6.47. The Balaban J connectivity index is 1.17. The maximum atomic E-state index is 13.6. The van der Waals surface area contributed by atoms with Gasteiger partial charge in [-0.2, -0.15) is 0 Å². The van der Waals surface area contributed by atoms with Gasteiger partial charge in [0, 0.05) is 0 Å². The zero-order valence-electron chi connectivity index (χ0n) is 31.0. The number of carbonyl (C=O) groups excluding carboxylic acids is 4. The van der Waals surface area contributed by atoms with Gasteiger partial charge in [-0.15, -0.1) is 0 Å². The minimum Gasteiger partial charge on any atom is -0.459 e. The van der Waals surface area contributed by atoms with Crippen molar-refractivity contribution in [1.82, 2.24) is 0 Å². The fraction of sp³-hybridized carbons (Fsp3) is 0.244. The summed E-state index contributed by atoms with van der Waals surface area (Å²) in [6.07, 6.45) is -10.7. The predicted octanol–water partition coefficient (Wildman–Crippen LogP) is 5.56. The van der Waals surface area contributed by atoms with Gasteiger partial charge in [0.2, 0.25) is 0 Å². The highest BCUT2D eigenvalue weighted by molar-refractivity contribution is 5.91. The standard InChI is InChI=1S/C45H40O13/c46-40(30-18-8-2-9-19-30)52-27-34-36(56-42(48)32-22-12-4-13-23-32)38(44(50)54-34)58-45-39(51-26-29-16-6-1-7-17-29)37(57-43(49)33-24-14-5-15-25-33)35(55-45)28-53-41(47)31-20-10-3-11-21-31/h1-25,34-39,44-45,50H,26-28H2/t34-,35-,36-,37-,38+,39+,44+,45+/m1/s1. The van der Waals surface area contributed by atoms with Gasteiger partial charge >= 0.3 is 23.9 Å². The minimum atomic E-state index is -1.73. The number of carbonyl (C=O) groups is 4. The Bertz CT molecular complexity index is 2100. The number of hydrogen-bond donors (Lipinski definition) is 1. The van der Waals surface area contributed by atoms with Crippen LogP contribution in [0.5, 0.6) is 0 Å². The molecule has 2 aliphatic heterocycles. The summed E-state index contributed by atoms with van der Waals surface area (Å²) in [5, 5.41) is 11.3. The lowest BCUT2D eigenvalue weighted by Gasteiger charge is -2.29. The van der Waals surface area contributed by atoms with Gasteiger partial charge in [-0.05, 0) is 54.1 Å². The molecule has 5 aromatic rings. The molecule has 0 bridgehead atoms. The van der Waals surface area contributed by atoms with Gasteiger partial charge < -0.3 is 43.0 Å². The molecule has 7 rings (SSSR count). The highest BCUT2D eigenvalue weighted by Gasteiger charge is 2.55. The van der Waals surface area contributed by atoms with E-state index in [-0.39, 0.29) is 35.5 Å². The van der Waals surface area contributed by atoms with Crippen molar-refractivity contribution in [2.75, 3.05) is 13.2 Å². The van der Waals surface area contributed by atoms with Crippen molar-refractivity contribution < 1.29 is 62.2 Å². The van der Waals surface area contributed by atoms with Crippen LogP contribution in [0.3, 0.4) is 0 Å². The van der Waals surface area contributed by atoms with Gasteiger partial charge in [0.05, 0.1) is 28.9 Å². The van der Waals surface area contributed by atoms with Crippen LogP contribution in [0.15, 0.2) is 152 Å². The van der Waals surface area contributed by atoms with Crippen LogP contribution in [0, 0.1) is 0 Å². The predicted molar refractivity (Wildman–Crippen MR) is 204 cm³/mol. The van der Waals surface area contributed by atoms with Crippen molar-refractivity contribution in [2.24, 2.45) is 0 Å². The molecule has 13 heteroatoms. The maximum Gasteiger partial charge on any atom is 0.338 e.